The maximum absolute atomic E-state index is 12.5. The van der Waals surface area contributed by atoms with Gasteiger partial charge in [-0.25, -0.2) is 8.42 Å². The number of ether oxygens (including phenoxy) is 1. The number of methoxy groups -OCH3 is 1. The fraction of sp³-hybridized carbons (Fsp3) is 0.571. The molecule has 1 aliphatic carbocycles. The van der Waals surface area contributed by atoms with Crippen molar-refractivity contribution in [3.8, 4) is 5.75 Å². The Labute approximate surface area is 120 Å². The molecule has 2 rings (SSSR count). The average molecular weight is 298 g/mol. The predicted molar refractivity (Wildman–Crippen MR) is 80.3 cm³/mol. The third-order valence-electron chi connectivity index (χ3n) is 3.79. The van der Waals surface area contributed by atoms with Gasteiger partial charge in [-0.05, 0) is 24.5 Å². The minimum atomic E-state index is -3.39. The van der Waals surface area contributed by atoms with Crippen LogP contribution in [0.5, 0.6) is 5.75 Å². The Morgan fingerprint density at radius 2 is 2.00 bits per heavy atom. The lowest BCUT2D eigenvalue weighted by Crippen LogP contribution is -2.30. The summed E-state index contributed by atoms with van der Waals surface area (Å²) in [5, 5.41) is -0.313. The fourth-order valence-corrected chi connectivity index (χ4v) is 4.27. The summed E-state index contributed by atoms with van der Waals surface area (Å²) >= 11 is 0. The van der Waals surface area contributed by atoms with Gasteiger partial charge in [0.15, 0.2) is 0 Å². The van der Waals surface area contributed by atoms with E-state index in [4.69, 9.17) is 10.5 Å². The zero-order valence-electron chi connectivity index (χ0n) is 11.8. The molecule has 1 aromatic rings. The highest BCUT2D eigenvalue weighted by Gasteiger charge is 2.28. The first-order valence-electron chi connectivity index (χ1n) is 6.96. The quantitative estimate of drug-likeness (QED) is 0.873. The van der Waals surface area contributed by atoms with Gasteiger partial charge in [0.05, 0.1) is 18.0 Å². The average Bonchev–Trinajstić information content (AvgIpc) is 2.48. The van der Waals surface area contributed by atoms with Gasteiger partial charge in [-0.3, -0.25) is 4.72 Å². The molecular weight excluding hydrogens is 276 g/mol. The van der Waals surface area contributed by atoms with E-state index in [9.17, 15) is 8.42 Å². The lowest BCUT2D eigenvalue weighted by atomic mass is 10.0. The molecular formula is C14H22N2O3S. The van der Waals surface area contributed by atoms with Crippen molar-refractivity contribution < 1.29 is 13.2 Å². The Hall–Kier alpha value is -1.27. The highest BCUT2D eigenvalue weighted by molar-refractivity contribution is 7.93. The first-order chi connectivity index (χ1) is 9.58. The van der Waals surface area contributed by atoms with Gasteiger partial charge in [0.1, 0.15) is 5.75 Å². The van der Waals surface area contributed by atoms with E-state index in [1.165, 1.54) is 7.11 Å². The van der Waals surface area contributed by atoms with Crippen LogP contribution in [-0.4, -0.2) is 20.8 Å². The second-order valence-corrected chi connectivity index (χ2v) is 7.07. The van der Waals surface area contributed by atoms with Crippen molar-refractivity contribution in [3.05, 3.63) is 23.8 Å². The molecule has 0 saturated heterocycles. The topological polar surface area (TPSA) is 81.4 Å². The SMILES string of the molecule is COc1cccc(CN)c1NS(=O)(=O)C1CCCCC1. The molecule has 0 heterocycles. The summed E-state index contributed by atoms with van der Waals surface area (Å²) < 4.78 is 32.9. The van der Waals surface area contributed by atoms with Gasteiger partial charge in [0.2, 0.25) is 10.0 Å². The van der Waals surface area contributed by atoms with Gasteiger partial charge in [-0.15, -0.1) is 0 Å². The van der Waals surface area contributed by atoms with Crippen LogP contribution in [0.1, 0.15) is 37.7 Å². The molecule has 112 valence electrons. The van der Waals surface area contributed by atoms with Crippen LogP contribution >= 0.6 is 0 Å². The summed E-state index contributed by atoms with van der Waals surface area (Å²) in [7, 11) is -1.87. The number of nitrogens with one attached hydrogen (secondary N) is 1. The van der Waals surface area contributed by atoms with Crippen LogP contribution in [0.25, 0.3) is 0 Å². The van der Waals surface area contributed by atoms with E-state index < -0.39 is 10.0 Å². The first-order valence-corrected chi connectivity index (χ1v) is 8.50. The molecule has 20 heavy (non-hydrogen) atoms. The number of para-hydroxylation sites is 1. The lowest BCUT2D eigenvalue weighted by molar-refractivity contribution is 0.416. The molecule has 1 aliphatic rings. The summed E-state index contributed by atoms with van der Waals surface area (Å²) in [5.74, 6) is 0.507. The molecule has 3 N–H and O–H groups in total. The Kier molecular flexibility index (Phi) is 4.88. The van der Waals surface area contributed by atoms with Gasteiger partial charge >= 0.3 is 0 Å². The first kappa shape index (κ1) is 15.1. The van der Waals surface area contributed by atoms with Crippen molar-refractivity contribution in [2.75, 3.05) is 11.8 Å². The zero-order valence-corrected chi connectivity index (χ0v) is 12.6. The predicted octanol–water partition coefficient (Wildman–Crippen LogP) is 2.23. The molecule has 1 aromatic carbocycles. The van der Waals surface area contributed by atoms with Crippen LogP contribution in [0.15, 0.2) is 18.2 Å². The van der Waals surface area contributed by atoms with E-state index in [0.29, 0.717) is 11.4 Å². The van der Waals surface area contributed by atoms with Crippen LogP contribution < -0.4 is 15.2 Å². The normalized spacial score (nSPS) is 16.9. The summed E-state index contributed by atoms with van der Waals surface area (Å²) in [5.41, 5.74) is 6.90. The van der Waals surface area contributed by atoms with E-state index in [0.717, 1.165) is 37.7 Å². The van der Waals surface area contributed by atoms with Crippen LogP contribution in [0.3, 0.4) is 0 Å². The highest BCUT2D eigenvalue weighted by Crippen LogP contribution is 2.32. The number of hydrogen-bond acceptors (Lipinski definition) is 4. The van der Waals surface area contributed by atoms with Crippen molar-refractivity contribution in [1.29, 1.82) is 0 Å². The molecule has 1 saturated carbocycles. The fourth-order valence-electron chi connectivity index (χ4n) is 2.63. The largest absolute Gasteiger partial charge is 0.495 e. The Morgan fingerprint density at radius 1 is 1.30 bits per heavy atom. The minimum Gasteiger partial charge on any atom is -0.495 e. The number of hydrogen-bond donors (Lipinski definition) is 2. The Bertz CT molecular complexity index is 529. The molecule has 0 radical (unpaired) electrons. The number of anilines is 1. The van der Waals surface area contributed by atoms with Crippen LogP contribution in [-0.2, 0) is 16.6 Å². The highest BCUT2D eigenvalue weighted by atomic mass is 32.2. The summed E-state index contributed by atoms with van der Waals surface area (Å²) in [4.78, 5) is 0. The zero-order chi connectivity index (χ0) is 14.6. The van der Waals surface area contributed by atoms with Gasteiger partial charge in [-0.2, -0.15) is 0 Å². The van der Waals surface area contributed by atoms with Crippen LogP contribution in [0.4, 0.5) is 5.69 Å². The molecule has 0 spiro atoms. The van der Waals surface area contributed by atoms with Gasteiger partial charge in [-0.1, -0.05) is 31.4 Å². The standard InChI is InChI=1S/C14H22N2O3S/c1-19-13-9-5-6-11(10-15)14(13)16-20(17,18)12-7-3-2-4-8-12/h5-6,9,12,16H,2-4,7-8,10,15H2,1H3. The van der Waals surface area contributed by atoms with Crippen molar-refractivity contribution in [3.63, 3.8) is 0 Å². The second kappa shape index (κ2) is 6.45. The number of benzene rings is 1. The third-order valence-corrected chi connectivity index (χ3v) is 5.63. The van der Waals surface area contributed by atoms with Crippen molar-refractivity contribution in [1.82, 2.24) is 0 Å². The Balaban J connectivity index is 2.28. The lowest BCUT2D eigenvalue weighted by Gasteiger charge is -2.24. The van der Waals surface area contributed by atoms with Crippen LogP contribution in [0, 0.1) is 0 Å². The molecule has 0 amide bonds. The monoisotopic (exact) mass is 298 g/mol. The summed E-state index contributed by atoms with van der Waals surface area (Å²) in [6.07, 6.45) is 4.52. The molecule has 0 bridgehead atoms. The van der Waals surface area contributed by atoms with E-state index in [1.807, 2.05) is 0 Å². The number of nitrogens with two attached hydrogens (primary N) is 1. The van der Waals surface area contributed by atoms with Crippen molar-refractivity contribution in [2.45, 2.75) is 43.9 Å². The third kappa shape index (κ3) is 3.24. The minimum absolute atomic E-state index is 0.264. The van der Waals surface area contributed by atoms with Gasteiger partial charge in [0.25, 0.3) is 0 Å². The molecule has 5 nitrogen and oxygen atoms in total. The molecule has 0 unspecified atom stereocenters. The van der Waals surface area contributed by atoms with E-state index in [1.54, 1.807) is 18.2 Å². The van der Waals surface area contributed by atoms with Gasteiger partial charge < -0.3 is 10.5 Å². The second-order valence-electron chi connectivity index (χ2n) is 5.11. The molecule has 0 aromatic heterocycles. The maximum atomic E-state index is 12.5. The molecule has 1 fully saturated rings. The molecule has 6 heteroatoms. The smallest absolute Gasteiger partial charge is 0.235 e. The van der Waals surface area contributed by atoms with E-state index in [2.05, 4.69) is 4.72 Å². The molecule has 0 atom stereocenters. The van der Waals surface area contributed by atoms with Crippen molar-refractivity contribution in [2.24, 2.45) is 5.73 Å². The Morgan fingerprint density at radius 3 is 2.60 bits per heavy atom. The number of rotatable bonds is 5. The number of sulfonamides is 1. The van der Waals surface area contributed by atoms with Gasteiger partial charge in [0, 0.05) is 6.54 Å². The summed E-state index contributed by atoms with van der Waals surface area (Å²) in [6.45, 7) is 0.264. The van der Waals surface area contributed by atoms with E-state index >= 15 is 0 Å². The van der Waals surface area contributed by atoms with Crippen LogP contribution in [0.2, 0.25) is 0 Å². The van der Waals surface area contributed by atoms with E-state index in [-0.39, 0.29) is 11.8 Å². The van der Waals surface area contributed by atoms with Crippen molar-refractivity contribution >= 4 is 15.7 Å². The molecule has 0 aliphatic heterocycles. The maximum Gasteiger partial charge on any atom is 0.235 e. The summed E-state index contributed by atoms with van der Waals surface area (Å²) in [6, 6.07) is 5.35.